The van der Waals surface area contributed by atoms with Gasteiger partial charge in [-0.15, -0.1) is 0 Å². The molecule has 5 N–H and O–H groups in total. The molecule has 12 heteroatoms. The van der Waals surface area contributed by atoms with Crippen LogP contribution in [0.4, 0.5) is 0 Å². The third kappa shape index (κ3) is 6.88. The SMILES string of the molecule is CC(C)C(NC(=O)CCC(=O)OCC(=O)C1(O)CCC2C3CCC4=CC(=O)CCC4(C)C3C(O)CC21C)C(=O)NC(C(=O)O)c1ccccc1. The number of ketones is 2. The fourth-order valence-corrected chi connectivity index (χ4v) is 9.65. The lowest BCUT2D eigenvalue weighted by Crippen LogP contribution is -2.62. The highest BCUT2D eigenvalue weighted by Gasteiger charge is 2.68. The largest absolute Gasteiger partial charge is 0.479 e. The summed E-state index contributed by atoms with van der Waals surface area (Å²) in [6.07, 6.45) is 3.91. The molecule has 3 fully saturated rings. The van der Waals surface area contributed by atoms with Crippen LogP contribution >= 0.6 is 0 Å². The van der Waals surface area contributed by atoms with E-state index in [-0.39, 0.29) is 54.6 Å². The first-order chi connectivity index (χ1) is 23.5. The van der Waals surface area contributed by atoms with Gasteiger partial charge in [-0.3, -0.25) is 24.0 Å². The molecule has 50 heavy (non-hydrogen) atoms. The Morgan fingerprint density at radius 3 is 2.34 bits per heavy atom. The molecular formula is C38H50N2O10. The van der Waals surface area contributed by atoms with Crippen molar-refractivity contribution in [1.82, 2.24) is 10.6 Å². The van der Waals surface area contributed by atoms with Crippen molar-refractivity contribution in [3.8, 4) is 0 Å². The lowest BCUT2D eigenvalue weighted by atomic mass is 9.45. The number of aliphatic carboxylic acids is 1. The van der Waals surface area contributed by atoms with Gasteiger partial charge in [0.2, 0.25) is 17.6 Å². The summed E-state index contributed by atoms with van der Waals surface area (Å²) in [5.74, 6) is -4.35. The van der Waals surface area contributed by atoms with Gasteiger partial charge in [0.05, 0.1) is 12.5 Å². The first kappa shape index (κ1) is 37.4. The van der Waals surface area contributed by atoms with Crippen LogP contribution in [0.2, 0.25) is 0 Å². The average molecular weight is 695 g/mol. The Balaban J connectivity index is 1.14. The zero-order valence-electron chi connectivity index (χ0n) is 29.3. The van der Waals surface area contributed by atoms with Crippen molar-refractivity contribution in [2.45, 2.75) is 109 Å². The molecular weight excluding hydrogens is 644 g/mol. The number of benzene rings is 1. The Morgan fingerprint density at radius 1 is 0.980 bits per heavy atom. The molecule has 0 heterocycles. The molecule has 5 rings (SSSR count). The second-order valence-corrected chi connectivity index (χ2v) is 15.5. The van der Waals surface area contributed by atoms with E-state index in [0.29, 0.717) is 24.8 Å². The number of ether oxygens (including phenoxy) is 1. The van der Waals surface area contributed by atoms with Crippen molar-refractivity contribution in [2.24, 2.45) is 34.5 Å². The molecule has 0 spiro atoms. The van der Waals surface area contributed by atoms with Gasteiger partial charge in [-0.05, 0) is 79.3 Å². The summed E-state index contributed by atoms with van der Waals surface area (Å²) in [5, 5.41) is 38.2. The number of Topliss-reactive ketones (excluding diaryl/α,β-unsaturated/α-hetero) is 1. The van der Waals surface area contributed by atoms with E-state index >= 15 is 0 Å². The summed E-state index contributed by atoms with van der Waals surface area (Å²) in [7, 11) is 0. The summed E-state index contributed by atoms with van der Waals surface area (Å²) in [5.41, 5.74) is -1.56. The Morgan fingerprint density at radius 2 is 1.68 bits per heavy atom. The maximum absolute atomic E-state index is 13.6. The van der Waals surface area contributed by atoms with Crippen LogP contribution in [0.25, 0.3) is 0 Å². The summed E-state index contributed by atoms with van der Waals surface area (Å²) in [6.45, 7) is 6.69. The summed E-state index contributed by atoms with van der Waals surface area (Å²) in [6, 6.07) is 5.77. The highest BCUT2D eigenvalue weighted by molar-refractivity contribution is 5.93. The number of amides is 2. The van der Waals surface area contributed by atoms with Gasteiger partial charge in [-0.25, -0.2) is 4.79 Å². The summed E-state index contributed by atoms with van der Waals surface area (Å²) >= 11 is 0. The highest BCUT2D eigenvalue weighted by Crippen LogP contribution is 2.67. The lowest BCUT2D eigenvalue weighted by molar-refractivity contribution is -0.184. The lowest BCUT2D eigenvalue weighted by Gasteiger charge is -2.60. The Hall–Kier alpha value is -3.90. The van der Waals surface area contributed by atoms with E-state index in [0.717, 1.165) is 18.4 Å². The van der Waals surface area contributed by atoms with Crippen LogP contribution < -0.4 is 10.6 Å². The predicted molar refractivity (Wildman–Crippen MR) is 180 cm³/mol. The quantitative estimate of drug-likeness (QED) is 0.203. The molecule has 0 radical (unpaired) electrons. The number of rotatable bonds is 12. The molecule has 1 aromatic carbocycles. The van der Waals surface area contributed by atoms with Crippen LogP contribution in [0.3, 0.4) is 0 Å². The molecule has 2 amide bonds. The number of carboxylic acids is 1. The second kappa shape index (κ2) is 14.4. The average Bonchev–Trinajstić information content (AvgIpc) is 3.34. The number of allylic oxidation sites excluding steroid dienone is 1. The van der Waals surface area contributed by atoms with Crippen LogP contribution in [0.5, 0.6) is 0 Å². The minimum absolute atomic E-state index is 0.0233. The molecule has 12 nitrogen and oxygen atoms in total. The normalized spacial score (nSPS) is 32.8. The third-order valence-electron chi connectivity index (χ3n) is 12.4. The molecule has 0 saturated heterocycles. The Labute approximate surface area is 292 Å². The topological polar surface area (TPSA) is 196 Å². The van der Waals surface area contributed by atoms with Gasteiger partial charge < -0.3 is 30.7 Å². The third-order valence-corrected chi connectivity index (χ3v) is 12.4. The summed E-state index contributed by atoms with van der Waals surface area (Å²) < 4.78 is 5.24. The Kier molecular flexibility index (Phi) is 10.7. The van der Waals surface area contributed by atoms with E-state index in [2.05, 4.69) is 17.6 Å². The van der Waals surface area contributed by atoms with Crippen LogP contribution in [0, 0.1) is 34.5 Å². The van der Waals surface area contributed by atoms with Crippen molar-refractivity contribution >= 4 is 35.3 Å². The van der Waals surface area contributed by atoms with E-state index < -0.39 is 71.3 Å². The van der Waals surface area contributed by atoms with Gasteiger partial charge in [0.1, 0.15) is 11.6 Å². The minimum atomic E-state index is -1.80. The number of carboxylic acid groups (broad SMARTS) is 1. The molecule has 0 aromatic heterocycles. The first-order valence-corrected chi connectivity index (χ1v) is 17.7. The zero-order valence-corrected chi connectivity index (χ0v) is 29.3. The molecule has 272 valence electrons. The fraction of sp³-hybridized carbons (Fsp3) is 0.632. The van der Waals surface area contributed by atoms with Gasteiger partial charge in [-0.1, -0.05) is 63.6 Å². The van der Waals surface area contributed by atoms with Gasteiger partial charge in [0, 0.05) is 18.3 Å². The predicted octanol–water partition coefficient (Wildman–Crippen LogP) is 3.20. The number of hydrogen-bond acceptors (Lipinski definition) is 9. The van der Waals surface area contributed by atoms with Crippen molar-refractivity contribution in [1.29, 1.82) is 0 Å². The number of nitrogens with one attached hydrogen (secondary N) is 2. The van der Waals surface area contributed by atoms with Crippen LogP contribution in [0.15, 0.2) is 42.0 Å². The standard InChI is InChI=1S/C38H50N2O10/c1-21(2)32(34(46)40-33(35(47)48)22-8-6-5-7-9-22)39-29(44)12-13-30(45)50-20-28(43)38(49)17-15-26-25-11-10-23-18-24(41)14-16-36(23,3)31(25)27(42)19-37(26,38)4/h5-9,18,21,25-27,31-33,42,49H,10-17,19-20H2,1-4H3,(H,39,44)(H,40,46)(H,47,48). The van der Waals surface area contributed by atoms with Crippen LogP contribution in [-0.2, 0) is 33.5 Å². The van der Waals surface area contributed by atoms with E-state index in [1.54, 1.807) is 50.3 Å². The maximum atomic E-state index is 13.6. The number of esters is 1. The Bertz CT molecular complexity index is 1560. The molecule has 1 aromatic rings. The fourth-order valence-electron chi connectivity index (χ4n) is 9.65. The number of aliphatic hydroxyl groups excluding tert-OH is 1. The first-order valence-electron chi connectivity index (χ1n) is 17.7. The molecule has 4 aliphatic rings. The minimum Gasteiger partial charge on any atom is -0.479 e. The van der Waals surface area contributed by atoms with E-state index in [1.165, 1.54) is 0 Å². The maximum Gasteiger partial charge on any atom is 0.330 e. The van der Waals surface area contributed by atoms with Gasteiger partial charge >= 0.3 is 11.9 Å². The number of carbonyl (C=O) groups excluding carboxylic acids is 5. The number of aliphatic hydroxyl groups is 2. The van der Waals surface area contributed by atoms with Crippen molar-refractivity contribution in [3.05, 3.63) is 47.5 Å². The van der Waals surface area contributed by atoms with Crippen molar-refractivity contribution in [2.75, 3.05) is 6.61 Å². The van der Waals surface area contributed by atoms with E-state index in [9.17, 15) is 44.1 Å². The molecule has 3 saturated carbocycles. The van der Waals surface area contributed by atoms with Gasteiger partial charge in [0.25, 0.3) is 0 Å². The van der Waals surface area contributed by atoms with Gasteiger partial charge in [0.15, 0.2) is 18.4 Å². The smallest absolute Gasteiger partial charge is 0.330 e. The van der Waals surface area contributed by atoms with Crippen molar-refractivity contribution < 1.29 is 48.8 Å². The van der Waals surface area contributed by atoms with E-state index in [1.807, 2.05) is 6.92 Å². The second-order valence-electron chi connectivity index (χ2n) is 15.5. The molecule has 9 atom stereocenters. The highest BCUT2D eigenvalue weighted by atomic mass is 16.5. The molecule has 9 unspecified atom stereocenters. The zero-order chi connectivity index (χ0) is 36.6. The van der Waals surface area contributed by atoms with Crippen LogP contribution in [0.1, 0.15) is 97.1 Å². The van der Waals surface area contributed by atoms with Crippen molar-refractivity contribution in [3.63, 3.8) is 0 Å². The number of carbonyl (C=O) groups is 6. The number of hydrogen-bond donors (Lipinski definition) is 5. The van der Waals surface area contributed by atoms with Gasteiger partial charge in [-0.2, -0.15) is 0 Å². The van der Waals surface area contributed by atoms with Crippen LogP contribution in [-0.4, -0.2) is 75.0 Å². The van der Waals surface area contributed by atoms with E-state index in [4.69, 9.17) is 4.74 Å². The monoisotopic (exact) mass is 694 g/mol. The molecule has 4 aliphatic carbocycles. The molecule has 0 aliphatic heterocycles. The molecule has 0 bridgehead atoms. The number of fused-ring (bicyclic) bond motifs is 5. The summed E-state index contributed by atoms with van der Waals surface area (Å²) in [4.78, 5) is 76.0.